The summed E-state index contributed by atoms with van der Waals surface area (Å²) < 4.78 is 0.829. The highest BCUT2D eigenvalue weighted by Gasteiger charge is 2.10. The van der Waals surface area contributed by atoms with Crippen LogP contribution in [0.15, 0.2) is 52.3 Å². The van der Waals surface area contributed by atoms with E-state index in [1.807, 2.05) is 29.6 Å². The van der Waals surface area contributed by atoms with E-state index in [2.05, 4.69) is 63.6 Å². The Morgan fingerprint density at radius 1 is 1.12 bits per heavy atom. The third-order valence-corrected chi connectivity index (χ3v) is 4.95. The van der Waals surface area contributed by atoms with E-state index in [4.69, 9.17) is 0 Å². The van der Waals surface area contributed by atoms with E-state index in [1.165, 1.54) is 22.5 Å². The van der Waals surface area contributed by atoms with Gasteiger partial charge in [-0.3, -0.25) is 5.32 Å². The Morgan fingerprint density at radius 2 is 1.92 bits per heavy atom. The van der Waals surface area contributed by atoms with Gasteiger partial charge in [-0.05, 0) is 47.5 Å². The normalized spacial score (nSPS) is 10.5. The van der Waals surface area contributed by atoms with Crippen molar-refractivity contribution in [2.24, 2.45) is 0 Å². The molecule has 1 heterocycles. The fourth-order valence-corrected chi connectivity index (χ4v) is 3.46. The van der Waals surface area contributed by atoms with Crippen molar-refractivity contribution in [3.8, 4) is 11.3 Å². The molecule has 2 amide bonds. The molecule has 4 nitrogen and oxygen atoms in total. The molecule has 0 atom stereocenters. The van der Waals surface area contributed by atoms with Crippen LogP contribution in [0.4, 0.5) is 15.6 Å². The van der Waals surface area contributed by atoms with Crippen molar-refractivity contribution in [2.45, 2.75) is 13.8 Å². The maximum Gasteiger partial charge on any atom is 0.325 e. The number of nitrogens with one attached hydrogen (secondary N) is 2. The average molecular weight is 402 g/mol. The van der Waals surface area contributed by atoms with Gasteiger partial charge in [0.1, 0.15) is 0 Å². The lowest BCUT2D eigenvalue weighted by atomic mass is 10.0. The van der Waals surface area contributed by atoms with Gasteiger partial charge in [-0.25, -0.2) is 9.78 Å². The Hall–Kier alpha value is -2.18. The number of carbonyl (C=O) groups excluding carboxylic acids is 1. The summed E-state index contributed by atoms with van der Waals surface area (Å²) in [4.78, 5) is 16.6. The molecule has 0 bridgehead atoms. The number of aromatic nitrogens is 1. The van der Waals surface area contributed by atoms with E-state index in [-0.39, 0.29) is 6.03 Å². The van der Waals surface area contributed by atoms with Gasteiger partial charge in [-0.2, -0.15) is 0 Å². The number of amides is 2. The molecule has 24 heavy (non-hydrogen) atoms. The number of aryl methyl sites for hydroxylation is 2. The van der Waals surface area contributed by atoms with Crippen molar-refractivity contribution in [3.63, 3.8) is 0 Å². The van der Waals surface area contributed by atoms with E-state index in [0.717, 1.165) is 15.7 Å². The van der Waals surface area contributed by atoms with E-state index in [1.54, 1.807) is 0 Å². The van der Waals surface area contributed by atoms with E-state index in [0.29, 0.717) is 10.8 Å². The minimum absolute atomic E-state index is 0.316. The summed E-state index contributed by atoms with van der Waals surface area (Å²) in [6, 6.07) is 13.4. The largest absolute Gasteiger partial charge is 0.325 e. The number of hydrogen-bond donors (Lipinski definition) is 2. The first-order valence-corrected chi connectivity index (χ1v) is 9.06. The molecule has 0 radical (unpaired) electrons. The van der Waals surface area contributed by atoms with Crippen molar-refractivity contribution in [3.05, 3.63) is 63.4 Å². The first-order valence-electron chi connectivity index (χ1n) is 7.38. The lowest BCUT2D eigenvalue weighted by Crippen LogP contribution is -2.19. The second-order valence-corrected chi connectivity index (χ2v) is 7.13. The molecule has 3 rings (SSSR count). The Morgan fingerprint density at radius 3 is 2.67 bits per heavy atom. The standard InChI is InChI=1S/C18H16BrN3OS/c1-11-7-8-13(12(2)9-11)16-10-24-18(21-16)22-17(23)20-15-6-4-3-5-14(15)19/h3-10H,1-2H3,(H2,20,21,22,23). The summed E-state index contributed by atoms with van der Waals surface area (Å²) in [5, 5.41) is 8.09. The summed E-state index contributed by atoms with van der Waals surface area (Å²) in [5.41, 5.74) is 5.05. The number of hydrogen-bond acceptors (Lipinski definition) is 3. The molecule has 3 aromatic rings. The van der Waals surface area contributed by atoms with Gasteiger partial charge in [0.05, 0.1) is 11.4 Å². The van der Waals surface area contributed by atoms with Crippen molar-refractivity contribution in [1.29, 1.82) is 0 Å². The molecule has 0 fully saturated rings. The Balaban J connectivity index is 1.72. The second kappa shape index (κ2) is 7.15. The highest BCUT2D eigenvalue weighted by atomic mass is 79.9. The van der Waals surface area contributed by atoms with Crippen LogP contribution in [0, 0.1) is 13.8 Å². The van der Waals surface area contributed by atoms with Gasteiger partial charge in [-0.15, -0.1) is 11.3 Å². The predicted octanol–water partition coefficient (Wildman–Crippen LogP) is 5.83. The molecule has 0 spiro atoms. The molecule has 0 aliphatic rings. The third-order valence-electron chi connectivity index (χ3n) is 3.50. The first-order chi connectivity index (χ1) is 11.5. The number of nitrogens with zero attached hydrogens (tertiary/aromatic N) is 1. The van der Waals surface area contributed by atoms with Gasteiger partial charge in [-0.1, -0.05) is 35.9 Å². The molecular formula is C18H16BrN3OS. The molecule has 0 saturated carbocycles. The first kappa shape index (κ1) is 16.7. The number of benzene rings is 2. The van der Waals surface area contributed by atoms with E-state index in [9.17, 15) is 4.79 Å². The molecule has 2 N–H and O–H groups in total. The average Bonchev–Trinajstić information content (AvgIpc) is 2.97. The summed E-state index contributed by atoms with van der Waals surface area (Å²) in [6.45, 7) is 4.13. The van der Waals surface area contributed by atoms with Gasteiger partial charge < -0.3 is 5.32 Å². The molecule has 122 valence electrons. The highest BCUT2D eigenvalue weighted by Crippen LogP contribution is 2.28. The van der Waals surface area contributed by atoms with Crippen molar-refractivity contribution in [1.82, 2.24) is 4.98 Å². The zero-order chi connectivity index (χ0) is 17.1. The quantitative estimate of drug-likeness (QED) is 0.579. The maximum absolute atomic E-state index is 12.1. The van der Waals surface area contributed by atoms with Crippen LogP contribution in [0.25, 0.3) is 11.3 Å². The Labute approximate surface area is 153 Å². The van der Waals surface area contributed by atoms with Crippen LogP contribution < -0.4 is 10.6 Å². The van der Waals surface area contributed by atoms with Gasteiger partial charge in [0, 0.05) is 15.4 Å². The number of para-hydroxylation sites is 1. The third kappa shape index (κ3) is 3.83. The zero-order valence-corrected chi connectivity index (χ0v) is 15.7. The smallest absolute Gasteiger partial charge is 0.307 e. The van der Waals surface area contributed by atoms with Gasteiger partial charge in [0.2, 0.25) is 0 Å². The lowest BCUT2D eigenvalue weighted by molar-refractivity contribution is 0.262. The van der Waals surface area contributed by atoms with Crippen LogP contribution in [0.1, 0.15) is 11.1 Å². The summed E-state index contributed by atoms with van der Waals surface area (Å²) in [7, 11) is 0. The zero-order valence-electron chi connectivity index (χ0n) is 13.3. The van der Waals surface area contributed by atoms with Crippen LogP contribution in [0.3, 0.4) is 0 Å². The number of rotatable bonds is 3. The van der Waals surface area contributed by atoms with E-state index < -0.39 is 0 Å². The van der Waals surface area contributed by atoms with Gasteiger partial charge >= 0.3 is 6.03 Å². The lowest BCUT2D eigenvalue weighted by Gasteiger charge is -2.07. The SMILES string of the molecule is Cc1ccc(-c2csc(NC(=O)Nc3ccccc3Br)n2)c(C)c1. The monoisotopic (exact) mass is 401 g/mol. The molecule has 0 unspecified atom stereocenters. The minimum atomic E-state index is -0.316. The molecule has 0 saturated heterocycles. The summed E-state index contributed by atoms with van der Waals surface area (Å²) in [5.74, 6) is 0. The van der Waals surface area contributed by atoms with Crippen molar-refractivity contribution >= 4 is 44.1 Å². The molecule has 6 heteroatoms. The van der Waals surface area contributed by atoms with Crippen LogP contribution in [0.2, 0.25) is 0 Å². The number of anilines is 2. The van der Waals surface area contributed by atoms with Gasteiger partial charge in [0.25, 0.3) is 0 Å². The van der Waals surface area contributed by atoms with Crippen molar-refractivity contribution < 1.29 is 4.79 Å². The van der Waals surface area contributed by atoms with Crippen LogP contribution >= 0.6 is 27.3 Å². The summed E-state index contributed by atoms with van der Waals surface area (Å²) >= 11 is 4.81. The number of urea groups is 1. The van der Waals surface area contributed by atoms with E-state index >= 15 is 0 Å². The fourth-order valence-electron chi connectivity index (χ4n) is 2.37. The Kier molecular flexibility index (Phi) is 4.97. The van der Waals surface area contributed by atoms with Gasteiger partial charge in [0.15, 0.2) is 5.13 Å². The number of carbonyl (C=O) groups is 1. The molecular weight excluding hydrogens is 386 g/mol. The molecule has 0 aliphatic heterocycles. The van der Waals surface area contributed by atoms with Crippen molar-refractivity contribution in [2.75, 3.05) is 10.6 Å². The van der Waals surface area contributed by atoms with Crippen LogP contribution in [-0.2, 0) is 0 Å². The molecule has 1 aromatic heterocycles. The maximum atomic E-state index is 12.1. The number of thiazole rings is 1. The minimum Gasteiger partial charge on any atom is -0.307 e. The Bertz CT molecular complexity index is 891. The highest BCUT2D eigenvalue weighted by molar-refractivity contribution is 9.10. The predicted molar refractivity (Wildman–Crippen MR) is 104 cm³/mol. The fraction of sp³-hybridized carbons (Fsp3) is 0.111. The second-order valence-electron chi connectivity index (χ2n) is 5.42. The topological polar surface area (TPSA) is 54.0 Å². The van der Waals surface area contributed by atoms with Crippen LogP contribution in [-0.4, -0.2) is 11.0 Å². The molecule has 2 aromatic carbocycles. The number of halogens is 1. The molecule has 0 aliphatic carbocycles. The summed E-state index contributed by atoms with van der Waals surface area (Å²) in [6.07, 6.45) is 0. The van der Waals surface area contributed by atoms with Crippen LogP contribution in [0.5, 0.6) is 0 Å².